The van der Waals surface area contributed by atoms with Crippen molar-refractivity contribution in [3.63, 3.8) is 0 Å². The number of oxazole rings is 1. The number of primary amides is 1. The third-order valence-electron chi connectivity index (χ3n) is 3.80. The normalized spacial score (nSPS) is 32.9. The second kappa shape index (κ2) is 3.31. The van der Waals surface area contributed by atoms with Gasteiger partial charge in [0.1, 0.15) is 5.76 Å². The van der Waals surface area contributed by atoms with Crippen LogP contribution >= 0.6 is 0 Å². The number of aromatic nitrogens is 1. The summed E-state index contributed by atoms with van der Waals surface area (Å²) in [5, 5.41) is 0. The van der Waals surface area contributed by atoms with Crippen LogP contribution in [0.5, 0.6) is 0 Å². The molecule has 2 aliphatic heterocycles. The van der Waals surface area contributed by atoms with Gasteiger partial charge in [-0.25, -0.2) is 4.98 Å². The van der Waals surface area contributed by atoms with E-state index in [-0.39, 0.29) is 11.3 Å². The molecule has 1 aromatic heterocycles. The molecule has 0 aliphatic carbocycles. The molecule has 2 aliphatic rings. The summed E-state index contributed by atoms with van der Waals surface area (Å²) in [5.41, 5.74) is 5.23. The summed E-state index contributed by atoms with van der Waals surface area (Å²) in [5.74, 6) is 0.283. The number of carbonyl (C=O) groups is 1. The molecule has 86 valence electrons. The molecule has 2 fully saturated rings. The fourth-order valence-corrected chi connectivity index (χ4v) is 2.95. The third kappa shape index (κ3) is 1.35. The Hall–Kier alpha value is -1.36. The molecular formula is C11H15N3O2. The summed E-state index contributed by atoms with van der Waals surface area (Å²) in [7, 11) is 0. The Morgan fingerprint density at radius 2 is 2.38 bits per heavy atom. The van der Waals surface area contributed by atoms with Gasteiger partial charge in [0, 0.05) is 12.0 Å². The molecule has 3 rings (SSSR count). The Morgan fingerprint density at radius 1 is 1.50 bits per heavy atom. The molecule has 2 saturated heterocycles. The van der Waals surface area contributed by atoms with Crippen LogP contribution in [-0.4, -0.2) is 35.4 Å². The van der Waals surface area contributed by atoms with Crippen LogP contribution in [0, 0.1) is 0 Å². The first-order valence-corrected chi connectivity index (χ1v) is 5.68. The molecular weight excluding hydrogens is 206 g/mol. The summed E-state index contributed by atoms with van der Waals surface area (Å²) in [6.07, 6.45) is 5.08. The summed E-state index contributed by atoms with van der Waals surface area (Å²) in [6, 6.07) is 0. The van der Waals surface area contributed by atoms with E-state index in [4.69, 9.17) is 10.2 Å². The van der Waals surface area contributed by atoms with Crippen LogP contribution < -0.4 is 5.73 Å². The topological polar surface area (TPSA) is 72.4 Å². The van der Waals surface area contributed by atoms with E-state index in [0.717, 1.165) is 31.7 Å². The molecule has 5 nitrogen and oxygen atoms in total. The Balaban J connectivity index is 1.93. The molecule has 0 saturated carbocycles. The molecule has 1 aromatic rings. The Kier molecular flexibility index (Phi) is 2.04. The van der Waals surface area contributed by atoms with Gasteiger partial charge < -0.3 is 15.1 Å². The van der Waals surface area contributed by atoms with E-state index < -0.39 is 5.91 Å². The molecule has 2 unspecified atom stereocenters. The number of fused-ring (bicyclic) bond motifs is 2. The van der Waals surface area contributed by atoms with Gasteiger partial charge in [-0.1, -0.05) is 0 Å². The summed E-state index contributed by atoms with van der Waals surface area (Å²) >= 11 is 0. The smallest absolute Gasteiger partial charge is 0.304 e. The van der Waals surface area contributed by atoms with Crippen LogP contribution in [0.25, 0.3) is 0 Å². The quantitative estimate of drug-likeness (QED) is 0.789. The van der Waals surface area contributed by atoms with Gasteiger partial charge in [0.2, 0.25) is 0 Å². The molecule has 16 heavy (non-hydrogen) atoms. The van der Waals surface area contributed by atoms with E-state index in [9.17, 15) is 4.79 Å². The van der Waals surface area contributed by atoms with Crippen molar-refractivity contribution >= 4 is 5.91 Å². The highest BCUT2D eigenvalue weighted by Gasteiger charge is 2.44. The molecule has 0 spiro atoms. The average molecular weight is 221 g/mol. The van der Waals surface area contributed by atoms with Gasteiger partial charge in [0.25, 0.3) is 5.89 Å². The fraction of sp³-hybridized carbons (Fsp3) is 0.636. The second-order valence-electron chi connectivity index (χ2n) is 4.80. The number of nitrogens with zero attached hydrogens (tertiary/aromatic N) is 2. The molecule has 0 radical (unpaired) electrons. The van der Waals surface area contributed by atoms with E-state index in [1.165, 1.54) is 13.0 Å². The lowest BCUT2D eigenvalue weighted by atomic mass is 9.79. The van der Waals surface area contributed by atoms with Gasteiger partial charge in [-0.15, -0.1) is 0 Å². The van der Waals surface area contributed by atoms with Crippen LogP contribution in [0.4, 0.5) is 0 Å². The van der Waals surface area contributed by atoms with E-state index in [1.807, 2.05) is 0 Å². The van der Waals surface area contributed by atoms with E-state index in [2.05, 4.69) is 9.88 Å². The molecule has 2 N–H and O–H groups in total. The number of nitrogens with two attached hydrogens (primary N) is 1. The van der Waals surface area contributed by atoms with Crippen molar-refractivity contribution in [3.05, 3.63) is 17.8 Å². The lowest BCUT2D eigenvalue weighted by Crippen LogP contribution is -2.36. The number of piperidine rings is 1. The molecule has 3 heterocycles. The molecule has 0 aromatic carbocycles. The van der Waals surface area contributed by atoms with Crippen molar-refractivity contribution in [1.29, 1.82) is 0 Å². The maximum absolute atomic E-state index is 11.0. The number of hydrogen-bond donors (Lipinski definition) is 1. The second-order valence-corrected chi connectivity index (χ2v) is 4.80. The van der Waals surface area contributed by atoms with Crippen molar-refractivity contribution in [2.75, 3.05) is 19.6 Å². The van der Waals surface area contributed by atoms with E-state index >= 15 is 0 Å². The fourth-order valence-electron chi connectivity index (χ4n) is 2.95. The van der Waals surface area contributed by atoms with E-state index in [0.29, 0.717) is 0 Å². The van der Waals surface area contributed by atoms with Gasteiger partial charge in [0.15, 0.2) is 0 Å². The highest BCUT2D eigenvalue weighted by molar-refractivity contribution is 5.87. The highest BCUT2D eigenvalue weighted by Crippen LogP contribution is 2.42. The van der Waals surface area contributed by atoms with Gasteiger partial charge in [-0.3, -0.25) is 4.79 Å². The van der Waals surface area contributed by atoms with Crippen LogP contribution in [0.3, 0.4) is 0 Å². The summed E-state index contributed by atoms with van der Waals surface area (Å²) < 4.78 is 5.49. The number of amides is 1. The molecule has 1 amide bonds. The van der Waals surface area contributed by atoms with Crippen molar-refractivity contribution in [2.24, 2.45) is 5.73 Å². The SMILES string of the molecule is NC(=O)c1ncc(C23CCCN(CC2)C3)o1. The Morgan fingerprint density at radius 3 is 3.12 bits per heavy atom. The minimum absolute atomic E-state index is 0.0356. The largest absolute Gasteiger partial charge is 0.437 e. The zero-order chi connectivity index (χ0) is 11.2. The predicted molar refractivity (Wildman–Crippen MR) is 57.0 cm³/mol. The van der Waals surface area contributed by atoms with E-state index in [1.54, 1.807) is 6.20 Å². The van der Waals surface area contributed by atoms with Crippen LogP contribution in [0.2, 0.25) is 0 Å². The minimum Gasteiger partial charge on any atom is -0.437 e. The molecule has 2 bridgehead atoms. The van der Waals surface area contributed by atoms with Crippen LogP contribution in [0.1, 0.15) is 35.7 Å². The van der Waals surface area contributed by atoms with Crippen LogP contribution in [0.15, 0.2) is 10.6 Å². The van der Waals surface area contributed by atoms with Gasteiger partial charge in [-0.2, -0.15) is 0 Å². The van der Waals surface area contributed by atoms with Crippen molar-refractivity contribution < 1.29 is 9.21 Å². The zero-order valence-electron chi connectivity index (χ0n) is 9.11. The maximum atomic E-state index is 11.0. The average Bonchev–Trinajstić information content (AvgIpc) is 2.85. The highest BCUT2D eigenvalue weighted by atomic mass is 16.4. The number of rotatable bonds is 2. The molecule has 2 atom stereocenters. The zero-order valence-corrected chi connectivity index (χ0v) is 9.11. The lowest BCUT2D eigenvalue weighted by molar-refractivity contribution is 0.0961. The standard InChI is InChI=1S/C11H15N3O2/c12-9(15)10-13-6-8(16-10)11-2-1-4-14(7-11)5-3-11/h6H,1-5,7H2,(H2,12,15). The lowest BCUT2D eigenvalue weighted by Gasteiger charge is -2.31. The number of hydrogen-bond acceptors (Lipinski definition) is 4. The first-order valence-electron chi connectivity index (χ1n) is 5.68. The summed E-state index contributed by atoms with van der Waals surface area (Å²) in [4.78, 5) is 17.3. The third-order valence-corrected chi connectivity index (χ3v) is 3.80. The first-order chi connectivity index (χ1) is 7.70. The Bertz CT molecular complexity index is 425. The molecule has 5 heteroatoms. The van der Waals surface area contributed by atoms with Crippen molar-refractivity contribution in [2.45, 2.75) is 24.7 Å². The number of carbonyl (C=O) groups excluding carboxylic acids is 1. The van der Waals surface area contributed by atoms with Gasteiger partial charge in [0.05, 0.1) is 6.20 Å². The first kappa shape index (κ1) is 9.84. The Labute approximate surface area is 93.6 Å². The summed E-state index contributed by atoms with van der Waals surface area (Å²) in [6.45, 7) is 3.32. The maximum Gasteiger partial charge on any atom is 0.304 e. The minimum atomic E-state index is -0.590. The van der Waals surface area contributed by atoms with Crippen molar-refractivity contribution in [1.82, 2.24) is 9.88 Å². The monoisotopic (exact) mass is 221 g/mol. The predicted octanol–water partition coefficient (Wildman–Crippen LogP) is 0.511. The van der Waals surface area contributed by atoms with Gasteiger partial charge in [-0.05, 0) is 32.4 Å². The van der Waals surface area contributed by atoms with Crippen LogP contribution in [-0.2, 0) is 5.41 Å². The van der Waals surface area contributed by atoms with Gasteiger partial charge >= 0.3 is 5.91 Å². The van der Waals surface area contributed by atoms with Crippen molar-refractivity contribution in [3.8, 4) is 0 Å².